The monoisotopic (exact) mass is 408 g/mol. The number of aromatic nitrogens is 4. The first kappa shape index (κ1) is 20.3. The Hall–Kier alpha value is -3.46. The molecule has 0 saturated carbocycles. The topological polar surface area (TPSA) is 94.3 Å². The minimum atomic E-state index is -0.245. The summed E-state index contributed by atoms with van der Waals surface area (Å²) < 4.78 is 7.61. The van der Waals surface area contributed by atoms with E-state index in [9.17, 15) is 4.79 Å². The van der Waals surface area contributed by atoms with Crippen LogP contribution in [0, 0.1) is 0 Å². The van der Waals surface area contributed by atoms with Gasteiger partial charge in [-0.25, -0.2) is 5.43 Å². The maximum absolute atomic E-state index is 12.0. The van der Waals surface area contributed by atoms with Crippen molar-refractivity contribution in [3.05, 3.63) is 78.9 Å². The van der Waals surface area contributed by atoms with Gasteiger partial charge in [0, 0.05) is 24.5 Å². The fourth-order valence-electron chi connectivity index (χ4n) is 2.30. The smallest absolute Gasteiger partial charge is 0.250 e. The highest BCUT2D eigenvalue weighted by Crippen LogP contribution is 2.18. The average molecular weight is 408 g/mol. The van der Waals surface area contributed by atoms with E-state index in [2.05, 4.69) is 32.3 Å². The van der Waals surface area contributed by atoms with Crippen LogP contribution in [0.5, 0.6) is 5.75 Å². The van der Waals surface area contributed by atoms with Crippen LogP contribution in [0.25, 0.3) is 0 Å². The molecule has 0 aliphatic rings. The van der Waals surface area contributed by atoms with Crippen molar-refractivity contribution in [1.29, 1.82) is 0 Å². The first-order valence-electron chi connectivity index (χ1n) is 8.82. The van der Waals surface area contributed by atoms with Gasteiger partial charge in [0.1, 0.15) is 12.4 Å². The van der Waals surface area contributed by atoms with Gasteiger partial charge in [-0.05, 0) is 18.2 Å². The van der Waals surface area contributed by atoms with Crippen molar-refractivity contribution in [2.24, 2.45) is 5.10 Å². The van der Waals surface area contributed by atoms with Crippen LogP contribution >= 0.6 is 11.8 Å². The van der Waals surface area contributed by atoms with Crippen molar-refractivity contribution in [3.63, 3.8) is 0 Å². The molecule has 0 saturated heterocycles. The number of nitrogens with one attached hydrogen (secondary N) is 1. The predicted octanol–water partition coefficient (Wildman–Crippen LogP) is 2.68. The van der Waals surface area contributed by atoms with Crippen molar-refractivity contribution in [2.45, 2.75) is 18.3 Å². The number of rotatable bonds is 10. The van der Waals surface area contributed by atoms with Gasteiger partial charge in [0.25, 0.3) is 5.91 Å². The first-order chi connectivity index (χ1) is 14.3. The number of thioether (sulfide) groups is 1. The van der Waals surface area contributed by atoms with Crippen LogP contribution in [0.2, 0.25) is 0 Å². The Labute approximate surface area is 172 Å². The molecule has 1 amide bonds. The molecule has 29 heavy (non-hydrogen) atoms. The van der Waals surface area contributed by atoms with Gasteiger partial charge in [0.05, 0.1) is 12.0 Å². The SMILES string of the molecule is C=CCn1c(COc2ccccc2)nnc1SCC(=O)NN=Cc1cccnc1. The number of hydrogen-bond donors (Lipinski definition) is 1. The number of pyridine rings is 1. The molecule has 1 N–H and O–H groups in total. The lowest BCUT2D eigenvalue weighted by molar-refractivity contribution is -0.118. The summed E-state index contributed by atoms with van der Waals surface area (Å²) in [6.07, 6.45) is 6.61. The lowest BCUT2D eigenvalue weighted by atomic mass is 10.3. The Bertz CT molecular complexity index is 960. The van der Waals surface area contributed by atoms with Crippen LogP contribution in [0.15, 0.2) is 77.8 Å². The molecular weight excluding hydrogens is 388 g/mol. The van der Waals surface area contributed by atoms with Gasteiger partial charge in [0.15, 0.2) is 11.0 Å². The third-order valence-electron chi connectivity index (χ3n) is 3.64. The van der Waals surface area contributed by atoms with Crippen molar-refractivity contribution < 1.29 is 9.53 Å². The molecule has 2 heterocycles. The van der Waals surface area contributed by atoms with Crippen LogP contribution in [0.1, 0.15) is 11.4 Å². The highest BCUT2D eigenvalue weighted by Gasteiger charge is 2.14. The molecule has 0 aliphatic heterocycles. The summed E-state index contributed by atoms with van der Waals surface area (Å²) in [7, 11) is 0. The molecule has 0 atom stereocenters. The summed E-state index contributed by atoms with van der Waals surface area (Å²) in [6, 6.07) is 13.1. The number of hydrazone groups is 1. The van der Waals surface area contributed by atoms with Crippen molar-refractivity contribution in [1.82, 2.24) is 25.2 Å². The third-order valence-corrected chi connectivity index (χ3v) is 4.60. The van der Waals surface area contributed by atoms with E-state index in [1.165, 1.54) is 18.0 Å². The number of carbonyl (C=O) groups excluding carboxylic acids is 1. The number of amides is 1. The fourth-order valence-corrected chi connectivity index (χ4v) is 3.06. The molecule has 3 rings (SSSR count). The molecule has 0 radical (unpaired) electrons. The van der Waals surface area contributed by atoms with Gasteiger partial charge in [-0.2, -0.15) is 5.10 Å². The number of hydrogen-bond acceptors (Lipinski definition) is 7. The summed E-state index contributed by atoms with van der Waals surface area (Å²) in [6.45, 7) is 4.56. The number of allylic oxidation sites excluding steroid dienone is 1. The van der Waals surface area contributed by atoms with Crippen LogP contribution in [0.4, 0.5) is 0 Å². The molecule has 8 nitrogen and oxygen atoms in total. The van der Waals surface area contributed by atoms with Gasteiger partial charge in [-0.15, -0.1) is 16.8 Å². The molecule has 0 fully saturated rings. The summed E-state index contributed by atoms with van der Waals surface area (Å²) in [5, 5.41) is 12.9. The van der Waals surface area contributed by atoms with E-state index in [0.29, 0.717) is 17.5 Å². The number of nitrogens with zero attached hydrogens (tertiary/aromatic N) is 5. The quantitative estimate of drug-likeness (QED) is 0.240. The standard InChI is InChI=1S/C20H20N6O2S/c1-2-11-26-18(14-28-17-8-4-3-5-9-17)23-25-20(26)29-15-19(27)24-22-13-16-7-6-10-21-12-16/h2-10,12-13H,1,11,14-15H2,(H,24,27). The second kappa shape index (κ2) is 10.8. The van der Waals surface area contributed by atoms with Crippen molar-refractivity contribution in [2.75, 3.05) is 5.75 Å². The average Bonchev–Trinajstić information content (AvgIpc) is 3.14. The zero-order valence-electron chi connectivity index (χ0n) is 15.6. The lowest BCUT2D eigenvalue weighted by Crippen LogP contribution is -2.20. The van der Waals surface area contributed by atoms with E-state index in [4.69, 9.17) is 4.74 Å². The maximum atomic E-state index is 12.0. The van der Waals surface area contributed by atoms with Crippen molar-refractivity contribution in [3.8, 4) is 5.75 Å². The fraction of sp³-hybridized carbons (Fsp3) is 0.150. The molecule has 0 unspecified atom stereocenters. The number of benzene rings is 1. The number of para-hydroxylation sites is 1. The minimum Gasteiger partial charge on any atom is -0.486 e. The van der Waals surface area contributed by atoms with E-state index in [-0.39, 0.29) is 18.3 Å². The Kier molecular flexibility index (Phi) is 7.53. The van der Waals surface area contributed by atoms with Gasteiger partial charge >= 0.3 is 0 Å². The summed E-state index contributed by atoms with van der Waals surface area (Å²) in [5.74, 6) is 1.32. The maximum Gasteiger partial charge on any atom is 0.250 e. The summed E-state index contributed by atoms with van der Waals surface area (Å²) >= 11 is 1.27. The second-order valence-electron chi connectivity index (χ2n) is 5.77. The van der Waals surface area contributed by atoms with Gasteiger partial charge in [0.2, 0.25) is 0 Å². The Morgan fingerprint density at radius 3 is 2.86 bits per heavy atom. The van der Waals surface area contributed by atoms with Crippen LogP contribution in [0.3, 0.4) is 0 Å². The second-order valence-corrected chi connectivity index (χ2v) is 6.71. The van der Waals surface area contributed by atoms with Crippen LogP contribution in [-0.4, -0.2) is 37.6 Å². The van der Waals surface area contributed by atoms with E-state index in [1.807, 2.05) is 41.0 Å². The molecule has 2 aromatic heterocycles. The van der Waals surface area contributed by atoms with E-state index >= 15 is 0 Å². The predicted molar refractivity (Wildman–Crippen MR) is 112 cm³/mol. The van der Waals surface area contributed by atoms with Crippen LogP contribution < -0.4 is 10.2 Å². The molecule has 148 valence electrons. The molecule has 0 spiro atoms. The molecule has 0 bridgehead atoms. The molecule has 1 aromatic carbocycles. The largest absolute Gasteiger partial charge is 0.486 e. The summed E-state index contributed by atoms with van der Waals surface area (Å²) in [5.41, 5.74) is 3.29. The van der Waals surface area contributed by atoms with Gasteiger partial charge < -0.3 is 4.74 Å². The normalized spacial score (nSPS) is 10.8. The van der Waals surface area contributed by atoms with Crippen LogP contribution in [-0.2, 0) is 17.9 Å². The number of ether oxygens (including phenoxy) is 1. The first-order valence-corrected chi connectivity index (χ1v) is 9.80. The third kappa shape index (κ3) is 6.28. The Morgan fingerprint density at radius 1 is 1.24 bits per heavy atom. The Balaban J connectivity index is 1.54. The highest BCUT2D eigenvalue weighted by molar-refractivity contribution is 7.99. The molecule has 0 aliphatic carbocycles. The zero-order chi connectivity index (χ0) is 20.3. The van der Waals surface area contributed by atoms with E-state index in [1.54, 1.807) is 24.5 Å². The van der Waals surface area contributed by atoms with Crippen molar-refractivity contribution >= 4 is 23.9 Å². The highest BCUT2D eigenvalue weighted by atomic mass is 32.2. The zero-order valence-corrected chi connectivity index (χ0v) is 16.5. The van der Waals surface area contributed by atoms with Gasteiger partial charge in [-0.3, -0.25) is 14.3 Å². The summed E-state index contributed by atoms with van der Waals surface area (Å²) in [4.78, 5) is 16.0. The molecule has 3 aromatic rings. The Morgan fingerprint density at radius 2 is 2.10 bits per heavy atom. The minimum absolute atomic E-state index is 0.152. The van der Waals surface area contributed by atoms with Gasteiger partial charge in [-0.1, -0.05) is 42.1 Å². The number of carbonyl (C=O) groups is 1. The van der Waals surface area contributed by atoms with E-state index in [0.717, 1.165) is 11.3 Å². The molecular formula is C20H20N6O2S. The molecule has 9 heteroatoms. The lowest BCUT2D eigenvalue weighted by Gasteiger charge is -2.08. The van der Waals surface area contributed by atoms with E-state index < -0.39 is 0 Å².